The fraction of sp³-hybridized carbons (Fsp3) is 0.389. The predicted molar refractivity (Wildman–Crippen MR) is 104 cm³/mol. The highest BCUT2D eigenvalue weighted by Gasteiger charge is 2.16. The van der Waals surface area contributed by atoms with E-state index in [2.05, 4.69) is 25.5 Å². The molecule has 2 N–H and O–H groups in total. The van der Waals surface area contributed by atoms with Crippen LogP contribution in [-0.4, -0.2) is 35.0 Å². The van der Waals surface area contributed by atoms with Crippen LogP contribution in [0, 0.1) is 6.92 Å². The van der Waals surface area contributed by atoms with Gasteiger partial charge in [0.15, 0.2) is 16.6 Å². The summed E-state index contributed by atoms with van der Waals surface area (Å²) >= 11 is 5.38. The maximum Gasteiger partial charge on any atom is 0.231 e. The molecule has 0 spiro atoms. The molecule has 1 saturated heterocycles. The molecule has 3 heterocycles. The van der Waals surface area contributed by atoms with Gasteiger partial charge in [-0.1, -0.05) is 6.07 Å². The molecule has 4 rings (SSSR count). The van der Waals surface area contributed by atoms with Crippen LogP contribution in [-0.2, 0) is 6.54 Å². The maximum atomic E-state index is 5.39. The molecule has 2 aliphatic rings. The van der Waals surface area contributed by atoms with Crippen LogP contribution >= 0.6 is 12.2 Å². The van der Waals surface area contributed by atoms with Crippen molar-refractivity contribution in [3.63, 3.8) is 0 Å². The molecule has 0 saturated carbocycles. The number of hydrogen-bond donors (Lipinski definition) is 2. The second-order valence-electron chi connectivity index (χ2n) is 6.38. The molecular weight excluding hydrogens is 350 g/mol. The van der Waals surface area contributed by atoms with Gasteiger partial charge in [0.05, 0.1) is 0 Å². The summed E-state index contributed by atoms with van der Waals surface area (Å²) in [6.45, 7) is 4.91. The molecule has 0 radical (unpaired) electrons. The van der Waals surface area contributed by atoms with Crippen LogP contribution in [0.3, 0.4) is 0 Å². The van der Waals surface area contributed by atoms with Gasteiger partial charge in [-0.25, -0.2) is 4.98 Å². The Morgan fingerprint density at radius 2 is 1.96 bits per heavy atom. The molecule has 0 bridgehead atoms. The Bertz CT molecular complexity index is 823. The molecule has 2 aliphatic heterocycles. The molecule has 1 fully saturated rings. The van der Waals surface area contributed by atoms with Crippen molar-refractivity contribution in [1.29, 1.82) is 0 Å². The lowest BCUT2D eigenvalue weighted by Gasteiger charge is -2.18. The topological polar surface area (TPSA) is 71.5 Å². The highest BCUT2D eigenvalue weighted by atomic mass is 32.1. The van der Waals surface area contributed by atoms with Crippen LogP contribution in [0.4, 0.5) is 11.8 Å². The summed E-state index contributed by atoms with van der Waals surface area (Å²) in [6, 6.07) is 7.85. The summed E-state index contributed by atoms with van der Waals surface area (Å²) in [5.74, 6) is 3.02. The smallest absolute Gasteiger partial charge is 0.231 e. The first-order valence-corrected chi connectivity index (χ1v) is 9.12. The van der Waals surface area contributed by atoms with Crippen molar-refractivity contribution >= 4 is 29.1 Å². The van der Waals surface area contributed by atoms with Gasteiger partial charge in [-0.15, -0.1) is 0 Å². The third kappa shape index (κ3) is 3.80. The molecular formula is C18H21N5O2S. The van der Waals surface area contributed by atoms with Crippen molar-refractivity contribution in [3.8, 4) is 11.5 Å². The largest absolute Gasteiger partial charge is 0.454 e. The van der Waals surface area contributed by atoms with E-state index in [-0.39, 0.29) is 6.79 Å². The summed E-state index contributed by atoms with van der Waals surface area (Å²) in [6.07, 6.45) is 2.42. The third-order valence-corrected chi connectivity index (χ3v) is 4.63. The first kappa shape index (κ1) is 16.8. The van der Waals surface area contributed by atoms with Gasteiger partial charge in [-0.3, -0.25) is 0 Å². The zero-order chi connectivity index (χ0) is 17.9. The minimum Gasteiger partial charge on any atom is -0.454 e. The molecule has 2 aromatic rings. The molecule has 7 nitrogen and oxygen atoms in total. The molecule has 8 heteroatoms. The van der Waals surface area contributed by atoms with Crippen molar-refractivity contribution < 1.29 is 9.47 Å². The molecule has 0 aliphatic carbocycles. The Morgan fingerprint density at radius 3 is 2.81 bits per heavy atom. The molecule has 136 valence electrons. The highest BCUT2D eigenvalue weighted by Crippen LogP contribution is 2.32. The van der Waals surface area contributed by atoms with E-state index in [4.69, 9.17) is 21.7 Å². The number of nitrogens with zero attached hydrogens (tertiary/aromatic N) is 3. The lowest BCUT2D eigenvalue weighted by molar-refractivity contribution is 0.174. The number of ether oxygens (including phenoxy) is 2. The highest BCUT2D eigenvalue weighted by molar-refractivity contribution is 7.80. The van der Waals surface area contributed by atoms with E-state index in [9.17, 15) is 0 Å². The van der Waals surface area contributed by atoms with Crippen molar-refractivity contribution in [2.45, 2.75) is 26.3 Å². The Kier molecular flexibility index (Phi) is 4.75. The zero-order valence-corrected chi connectivity index (χ0v) is 15.4. The van der Waals surface area contributed by atoms with E-state index in [0.29, 0.717) is 17.6 Å². The average Bonchev–Trinajstić information content (AvgIpc) is 3.30. The van der Waals surface area contributed by atoms with E-state index < -0.39 is 0 Å². The van der Waals surface area contributed by atoms with E-state index in [1.54, 1.807) is 0 Å². The van der Waals surface area contributed by atoms with Gasteiger partial charge in [0.2, 0.25) is 12.7 Å². The summed E-state index contributed by atoms with van der Waals surface area (Å²) in [7, 11) is 0. The second-order valence-corrected chi connectivity index (χ2v) is 6.79. The number of fused-ring (bicyclic) bond motifs is 1. The minimum atomic E-state index is 0.274. The van der Waals surface area contributed by atoms with Gasteiger partial charge in [0, 0.05) is 31.4 Å². The minimum absolute atomic E-state index is 0.274. The number of anilines is 2. The van der Waals surface area contributed by atoms with E-state index >= 15 is 0 Å². The maximum absolute atomic E-state index is 5.39. The Morgan fingerprint density at radius 1 is 1.15 bits per heavy atom. The van der Waals surface area contributed by atoms with Crippen LogP contribution in [0.15, 0.2) is 24.3 Å². The van der Waals surface area contributed by atoms with Crippen LogP contribution < -0.4 is 25.0 Å². The molecule has 26 heavy (non-hydrogen) atoms. The number of rotatable bonds is 4. The van der Waals surface area contributed by atoms with Crippen LogP contribution in [0.5, 0.6) is 11.5 Å². The average molecular weight is 371 g/mol. The van der Waals surface area contributed by atoms with Crippen molar-refractivity contribution in [1.82, 2.24) is 15.3 Å². The number of hydrogen-bond acceptors (Lipinski definition) is 6. The Balaban J connectivity index is 1.37. The van der Waals surface area contributed by atoms with Crippen LogP contribution in [0.2, 0.25) is 0 Å². The van der Waals surface area contributed by atoms with Gasteiger partial charge < -0.3 is 25.0 Å². The second kappa shape index (κ2) is 7.33. The van der Waals surface area contributed by atoms with Gasteiger partial charge in [0.1, 0.15) is 5.82 Å². The van der Waals surface area contributed by atoms with Crippen molar-refractivity contribution in [3.05, 3.63) is 35.5 Å². The fourth-order valence-corrected chi connectivity index (χ4v) is 3.26. The van der Waals surface area contributed by atoms with E-state index in [0.717, 1.165) is 41.7 Å². The normalized spacial score (nSPS) is 15.2. The lowest BCUT2D eigenvalue weighted by atomic mass is 10.2. The number of thiocarbonyl (C=S) groups is 1. The van der Waals surface area contributed by atoms with Crippen molar-refractivity contribution in [2.24, 2.45) is 0 Å². The summed E-state index contributed by atoms with van der Waals surface area (Å²) in [4.78, 5) is 11.3. The third-order valence-electron chi connectivity index (χ3n) is 4.39. The van der Waals surface area contributed by atoms with Gasteiger partial charge in [-0.2, -0.15) is 4.98 Å². The van der Waals surface area contributed by atoms with Gasteiger partial charge in [-0.05, 0) is 49.7 Å². The quantitative estimate of drug-likeness (QED) is 0.795. The molecule has 0 unspecified atom stereocenters. The molecule has 0 atom stereocenters. The number of benzene rings is 1. The van der Waals surface area contributed by atoms with Gasteiger partial charge >= 0.3 is 0 Å². The fourth-order valence-electron chi connectivity index (χ4n) is 3.10. The first-order chi connectivity index (χ1) is 12.7. The SMILES string of the molecule is Cc1cc(N2CCCC2)nc(NC(=S)NCc2ccc3c(c2)OCO3)n1. The van der Waals surface area contributed by atoms with E-state index in [1.165, 1.54) is 12.8 Å². The first-order valence-electron chi connectivity index (χ1n) is 8.71. The summed E-state index contributed by atoms with van der Waals surface area (Å²) in [5, 5.41) is 6.75. The zero-order valence-electron chi connectivity index (χ0n) is 14.6. The van der Waals surface area contributed by atoms with Crippen LogP contribution in [0.1, 0.15) is 24.1 Å². The molecule has 0 amide bonds. The number of aryl methyl sites for hydroxylation is 1. The molecule has 1 aromatic heterocycles. The van der Waals surface area contributed by atoms with Crippen LogP contribution in [0.25, 0.3) is 0 Å². The Hall–Kier alpha value is -2.61. The monoisotopic (exact) mass is 371 g/mol. The van der Waals surface area contributed by atoms with Crippen molar-refractivity contribution in [2.75, 3.05) is 30.1 Å². The number of aromatic nitrogens is 2. The number of nitrogens with one attached hydrogen (secondary N) is 2. The standard InChI is InChI=1S/C18H21N5O2S/c1-12-8-16(23-6-2-3-7-23)21-17(20-12)22-18(26)19-10-13-4-5-14-15(9-13)25-11-24-14/h4-5,8-9H,2-3,6-7,10-11H2,1H3,(H2,19,20,21,22,26). The van der Waals surface area contributed by atoms with E-state index in [1.807, 2.05) is 31.2 Å². The summed E-state index contributed by atoms with van der Waals surface area (Å²) < 4.78 is 10.7. The molecule has 1 aromatic carbocycles. The van der Waals surface area contributed by atoms with Gasteiger partial charge in [0.25, 0.3) is 0 Å². The lowest BCUT2D eigenvalue weighted by Crippen LogP contribution is -2.29. The Labute approximate surface area is 157 Å². The predicted octanol–water partition coefficient (Wildman–Crippen LogP) is 2.60. The summed E-state index contributed by atoms with van der Waals surface area (Å²) in [5.41, 5.74) is 1.98.